The molecule has 2 N–H and O–H groups in total. The first-order valence-electron chi connectivity index (χ1n) is 10.6. The van der Waals surface area contributed by atoms with Crippen LogP contribution in [0.15, 0.2) is 60.3 Å². The summed E-state index contributed by atoms with van der Waals surface area (Å²) < 4.78 is 8.02. The fraction of sp³-hybridized carbons (Fsp3) is 0.240. The van der Waals surface area contributed by atoms with Crippen LogP contribution in [0.2, 0.25) is 0 Å². The molecule has 1 saturated heterocycles. The van der Waals surface area contributed by atoms with E-state index in [1.807, 2.05) is 42.6 Å². The Bertz CT molecular complexity index is 1190. The van der Waals surface area contributed by atoms with Gasteiger partial charge in [-0.2, -0.15) is 0 Å². The van der Waals surface area contributed by atoms with Crippen molar-refractivity contribution in [2.45, 2.75) is 32.7 Å². The Kier molecular flexibility index (Phi) is 6.37. The van der Waals surface area contributed by atoms with Crippen LogP contribution in [-0.2, 0) is 16.1 Å². The zero-order valence-electron chi connectivity index (χ0n) is 18.1. The van der Waals surface area contributed by atoms with Gasteiger partial charge in [0, 0.05) is 22.7 Å². The van der Waals surface area contributed by atoms with Crippen LogP contribution in [0.1, 0.15) is 37.3 Å². The molecule has 32 heavy (non-hydrogen) atoms. The fourth-order valence-electron chi connectivity index (χ4n) is 3.73. The van der Waals surface area contributed by atoms with Crippen LogP contribution in [0.3, 0.4) is 0 Å². The maximum atomic E-state index is 12.2. The number of benzene rings is 2. The second kappa shape index (κ2) is 9.36. The number of amides is 2. The molecule has 0 spiro atoms. The molecule has 6 nitrogen and oxygen atoms in total. The third-order valence-corrected chi connectivity index (χ3v) is 5.93. The summed E-state index contributed by atoms with van der Waals surface area (Å²) in [5.74, 6) is 0.369. The highest BCUT2D eigenvalue weighted by Crippen LogP contribution is 2.25. The normalized spacial score (nSPS) is 14.8. The molecular formula is C25H25N3O3S. The molecule has 1 atom stereocenters. The molecule has 1 aromatic heterocycles. The second-order valence-corrected chi connectivity index (χ2v) is 8.23. The van der Waals surface area contributed by atoms with Gasteiger partial charge in [-0.3, -0.25) is 20.2 Å². The fourth-order valence-corrected chi connectivity index (χ4v) is 3.91. The minimum atomic E-state index is -0.500. The molecule has 4 rings (SSSR count). The van der Waals surface area contributed by atoms with Gasteiger partial charge in [-0.25, -0.2) is 0 Å². The number of carbonyl (C=O) groups is 2. The number of aromatic nitrogens is 1. The number of rotatable bonds is 7. The zero-order chi connectivity index (χ0) is 22.7. The minimum absolute atomic E-state index is 0.0221. The molecule has 3 aromatic rings. The van der Waals surface area contributed by atoms with Crippen molar-refractivity contribution in [3.63, 3.8) is 0 Å². The number of nitrogens with zero attached hydrogens (tertiary/aromatic N) is 1. The van der Waals surface area contributed by atoms with Crippen molar-refractivity contribution in [2.75, 3.05) is 6.61 Å². The number of ether oxygens (including phenoxy) is 1. The van der Waals surface area contributed by atoms with Crippen molar-refractivity contribution in [3.05, 3.63) is 71.4 Å². The summed E-state index contributed by atoms with van der Waals surface area (Å²) in [6, 6.07) is 16.1. The smallest absolute Gasteiger partial charge is 0.263 e. The largest absolute Gasteiger partial charge is 0.492 e. The number of carbonyl (C=O) groups excluding carboxylic acids is 2. The van der Waals surface area contributed by atoms with Crippen molar-refractivity contribution in [3.8, 4) is 5.75 Å². The van der Waals surface area contributed by atoms with Crippen LogP contribution >= 0.6 is 12.2 Å². The zero-order valence-corrected chi connectivity index (χ0v) is 18.9. The lowest BCUT2D eigenvalue weighted by atomic mass is 9.99. The second-order valence-electron chi connectivity index (χ2n) is 7.82. The number of thiocarbonyl (C=S) groups is 1. The Hall–Kier alpha value is -3.45. The summed E-state index contributed by atoms with van der Waals surface area (Å²) in [5, 5.41) is 5.91. The average molecular weight is 448 g/mol. The summed E-state index contributed by atoms with van der Waals surface area (Å²) in [4.78, 5) is 24.4. The maximum absolute atomic E-state index is 12.2. The summed E-state index contributed by atoms with van der Waals surface area (Å²) in [6.45, 7) is 5.52. The molecule has 164 valence electrons. The quantitative estimate of drug-likeness (QED) is 0.324. The van der Waals surface area contributed by atoms with Crippen molar-refractivity contribution in [2.24, 2.45) is 0 Å². The molecule has 0 radical (unpaired) electrons. The van der Waals surface area contributed by atoms with Gasteiger partial charge in [-0.05, 0) is 54.4 Å². The lowest BCUT2D eigenvalue weighted by Crippen LogP contribution is -2.51. The Morgan fingerprint density at radius 3 is 2.44 bits per heavy atom. The average Bonchev–Trinajstić information content (AvgIpc) is 3.14. The third kappa shape index (κ3) is 4.57. The van der Waals surface area contributed by atoms with E-state index in [-0.39, 0.29) is 10.7 Å². The Labute approximate surface area is 192 Å². The van der Waals surface area contributed by atoms with Crippen molar-refractivity contribution in [1.82, 2.24) is 15.2 Å². The van der Waals surface area contributed by atoms with Crippen LogP contribution in [0.4, 0.5) is 0 Å². The van der Waals surface area contributed by atoms with Crippen LogP contribution in [0.5, 0.6) is 5.75 Å². The first-order chi connectivity index (χ1) is 15.5. The predicted molar refractivity (Wildman–Crippen MR) is 129 cm³/mol. The van der Waals surface area contributed by atoms with E-state index >= 15 is 0 Å². The van der Waals surface area contributed by atoms with Gasteiger partial charge in [-0.1, -0.05) is 44.2 Å². The molecule has 7 heteroatoms. The van der Waals surface area contributed by atoms with E-state index in [4.69, 9.17) is 17.0 Å². The van der Waals surface area contributed by atoms with E-state index in [1.54, 1.807) is 6.08 Å². The molecule has 2 aromatic carbocycles. The highest BCUT2D eigenvalue weighted by atomic mass is 32.1. The topological polar surface area (TPSA) is 72.4 Å². The lowest BCUT2D eigenvalue weighted by Gasteiger charge is -2.16. The molecule has 1 aliphatic heterocycles. The molecule has 1 fully saturated rings. The number of hydrogen-bond donors (Lipinski definition) is 2. The number of para-hydroxylation sites is 1. The number of hydrogen-bond acceptors (Lipinski definition) is 4. The van der Waals surface area contributed by atoms with Gasteiger partial charge in [-0.15, -0.1) is 0 Å². The standard InChI is InChI=1S/C25H25N3O3S/c1-3-16(2)17-8-10-19(11-9-17)31-13-12-28-15-18(20-6-4-5-7-22(20)28)14-21-23(29)26-25(32)27-24(21)30/h4-11,14-16H,3,12-13H2,1-2H3,(H2,26,27,29,30,32)/t16-/m1/s1. The predicted octanol–water partition coefficient (Wildman–Crippen LogP) is 4.15. The minimum Gasteiger partial charge on any atom is -0.492 e. The van der Waals surface area contributed by atoms with Gasteiger partial charge in [0.2, 0.25) is 0 Å². The Morgan fingerprint density at radius 2 is 1.75 bits per heavy atom. The summed E-state index contributed by atoms with van der Waals surface area (Å²) in [6.07, 6.45) is 4.63. The van der Waals surface area contributed by atoms with E-state index in [0.29, 0.717) is 19.1 Å². The molecule has 0 unspecified atom stereocenters. The number of fused-ring (bicyclic) bond motifs is 1. The van der Waals surface area contributed by atoms with Crippen LogP contribution < -0.4 is 15.4 Å². The molecule has 0 aliphatic carbocycles. The first kappa shape index (κ1) is 21.8. The molecule has 0 saturated carbocycles. The SMILES string of the molecule is CC[C@@H](C)c1ccc(OCCn2cc(C=C3C(=O)NC(=S)NC3=O)c3ccccc32)cc1. The monoisotopic (exact) mass is 447 g/mol. The summed E-state index contributed by atoms with van der Waals surface area (Å²) >= 11 is 4.86. The number of nitrogens with one attached hydrogen (secondary N) is 2. The van der Waals surface area contributed by atoms with Crippen molar-refractivity contribution in [1.29, 1.82) is 0 Å². The Morgan fingerprint density at radius 1 is 1.06 bits per heavy atom. The van der Waals surface area contributed by atoms with Crippen LogP contribution in [-0.4, -0.2) is 28.1 Å². The highest BCUT2D eigenvalue weighted by molar-refractivity contribution is 7.80. The molecule has 2 amide bonds. The molecule has 1 aliphatic rings. The first-order valence-corrected chi connectivity index (χ1v) is 11.1. The highest BCUT2D eigenvalue weighted by Gasteiger charge is 2.26. The van der Waals surface area contributed by atoms with Gasteiger partial charge in [0.1, 0.15) is 17.9 Å². The maximum Gasteiger partial charge on any atom is 0.263 e. The van der Waals surface area contributed by atoms with Gasteiger partial charge < -0.3 is 9.30 Å². The van der Waals surface area contributed by atoms with E-state index < -0.39 is 11.8 Å². The summed E-state index contributed by atoms with van der Waals surface area (Å²) in [7, 11) is 0. The molecular weight excluding hydrogens is 422 g/mol. The van der Waals surface area contributed by atoms with Crippen molar-refractivity contribution >= 4 is 46.1 Å². The van der Waals surface area contributed by atoms with Gasteiger partial charge in [0.05, 0.1) is 6.54 Å². The van der Waals surface area contributed by atoms with E-state index in [2.05, 4.69) is 41.2 Å². The Balaban J connectivity index is 1.52. The van der Waals surface area contributed by atoms with Crippen molar-refractivity contribution < 1.29 is 14.3 Å². The molecule has 0 bridgehead atoms. The lowest BCUT2D eigenvalue weighted by molar-refractivity contribution is -0.123. The van der Waals surface area contributed by atoms with Gasteiger partial charge in [0.25, 0.3) is 11.8 Å². The van der Waals surface area contributed by atoms with Gasteiger partial charge in [0.15, 0.2) is 5.11 Å². The van der Waals surface area contributed by atoms with E-state index in [0.717, 1.165) is 28.6 Å². The third-order valence-electron chi connectivity index (χ3n) is 5.73. The van der Waals surface area contributed by atoms with E-state index in [9.17, 15) is 9.59 Å². The van der Waals surface area contributed by atoms with Gasteiger partial charge >= 0.3 is 0 Å². The van der Waals surface area contributed by atoms with Crippen LogP contribution in [0.25, 0.3) is 17.0 Å². The van der Waals surface area contributed by atoms with Crippen LogP contribution in [0, 0.1) is 0 Å². The molecule has 2 heterocycles. The summed E-state index contributed by atoms with van der Waals surface area (Å²) in [5.41, 5.74) is 3.12. The van der Waals surface area contributed by atoms with E-state index in [1.165, 1.54) is 5.56 Å².